The van der Waals surface area contributed by atoms with E-state index < -0.39 is 11.6 Å². The van der Waals surface area contributed by atoms with Gasteiger partial charge in [-0.15, -0.1) is 0 Å². The average Bonchev–Trinajstić information content (AvgIpc) is 2.33. The van der Waals surface area contributed by atoms with Gasteiger partial charge in [0.15, 0.2) is 23.3 Å². The molecule has 1 rings (SSSR count). The number of anilines is 2. The van der Waals surface area contributed by atoms with Crippen molar-refractivity contribution in [2.45, 2.75) is 45.6 Å². The van der Waals surface area contributed by atoms with Gasteiger partial charge in [-0.2, -0.15) is 0 Å². The number of halogens is 2. The van der Waals surface area contributed by atoms with Gasteiger partial charge < -0.3 is 10.7 Å². The minimum atomic E-state index is -0.806. The minimum absolute atomic E-state index is 0.0216. The zero-order valence-electron chi connectivity index (χ0n) is 10.8. The number of nitrogens with zero attached hydrogens (tertiary/aromatic N) is 1. The van der Waals surface area contributed by atoms with E-state index in [1.807, 2.05) is 6.92 Å². The number of hydrogen-bond acceptors (Lipinski definition) is 4. The molecule has 0 amide bonds. The van der Waals surface area contributed by atoms with Gasteiger partial charge in [0.05, 0.1) is 0 Å². The van der Waals surface area contributed by atoms with Crippen molar-refractivity contribution in [2.24, 2.45) is 5.84 Å². The molecule has 6 heteroatoms. The maximum Gasteiger partial charge on any atom is 0.178 e. The fourth-order valence-corrected chi connectivity index (χ4v) is 1.68. The SMILES string of the molecule is CCCCCC(C)Nc1nc(NN)c(F)cc1F. The number of nitrogens with one attached hydrogen (secondary N) is 2. The van der Waals surface area contributed by atoms with Crippen LogP contribution in [0.5, 0.6) is 0 Å². The van der Waals surface area contributed by atoms with Gasteiger partial charge in [0.1, 0.15) is 0 Å². The molecule has 1 heterocycles. The van der Waals surface area contributed by atoms with Gasteiger partial charge in [-0.05, 0) is 13.3 Å². The molecule has 4 N–H and O–H groups in total. The third kappa shape index (κ3) is 4.10. The van der Waals surface area contributed by atoms with Gasteiger partial charge >= 0.3 is 0 Å². The Morgan fingerprint density at radius 2 is 1.94 bits per heavy atom. The van der Waals surface area contributed by atoms with Gasteiger partial charge in [0.25, 0.3) is 0 Å². The monoisotopic (exact) mass is 258 g/mol. The van der Waals surface area contributed by atoms with E-state index in [0.29, 0.717) is 0 Å². The van der Waals surface area contributed by atoms with Crippen LogP contribution in [-0.2, 0) is 0 Å². The van der Waals surface area contributed by atoms with Crippen molar-refractivity contribution in [1.29, 1.82) is 0 Å². The summed E-state index contributed by atoms with van der Waals surface area (Å²) in [7, 11) is 0. The maximum absolute atomic E-state index is 13.5. The lowest BCUT2D eigenvalue weighted by atomic mass is 10.1. The molecule has 1 aromatic rings. The first-order valence-electron chi connectivity index (χ1n) is 6.17. The van der Waals surface area contributed by atoms with Crippen LogP contribution in [0, 0.1) is 11.6 Å². The smallest absolute Gasteiger partial charge is 0.178 e. The molecule has 4 nitrogen and oxygen atoms in total. The van der Waals surface area contributed by atoms with E-state index in [4.69, 9.17) is 5.84 Å². The average molecular weight is 258 g/mol. The summed E-state index contributed by atoms with van der Waals surface area (Å²) in [4.78, 5) is 3.76. The first-order valence-corrected chi connectivity index (χ1v) is 6.17. The van der Waals surface area contributed by atoms with Crippen LogP contribution in [0.25, 0.3) is 0 Å². The molecule has 18 heavy (non-hydrogen) atoms. The zero-order valence-corrected chi connectivity index (χ0v) is 10.8. The summed E-state index contributed by atoms with van der Waals surface area (Å²) >= 11 is 0. The van der Waals surface area contributed by atoms with E-state index in [9.17, 15) is 8.78 Å². The summed E-state index contributed by atoms with van der Waals surface area (Å²) in [5.41, 5.74) is 2.10. The number of nitrogens with two attached hydrogens (primary N) is 1. The first kappa shape index (κ1) is 14.6. The Hall–Kier alpha value is -1.43. The topological polar surface area (TPSA) is 63.0 Å². The van der Waals surface area contributed by atoms with E-state index in [1.165, 1.54) is 0 Å². The summed E-state index contributed by atoms with van der Waals surface area (Å²) in [6.45, 7) is 4.06. The van der Waals surface area contributed by atoms with Gasteiger partial charge in [-0.3, -0.25) is 0 Å². The standard InChI is InChI=1S/C12H20F2N4/c1-3-4-5-6-8(2)16-11-9(13)7-10(14)12(17-11)18-15/h7-8H,3-6,15H2,1-2H3,(H2,16,17,18). The van der Waals surface area contributed by atoms with Crippen molar-refractivity contribution in [3.8, 4) is 0 Å². The molecule has 0 radical (unpaired) electrons. The molecule has 1 aromatic heterocycles. The van der Waals surface area contributed by atoms with Crippen molar-refractivity contribution in [3.63, 3.8) is 0 Å². The van der Waals surface area contributed by atoms with E-state index in [0.717, 1.165) is 31.7 Å². The van der Waals surface area contributed by atoms with Crippen molar-refractivity contribution >= 4 is 11.6 Å². The Bertz CT molecular complexity index is 385. The quantitative estimate of drug-likeness (QED) is 0.399. The molecule has 0 aliphatic heterocycles. The highest BCUT2D eigenvalue weighted by molar-refractivity contribution is 5.47. The first-order chi connectivity index (χ1) is 8.58. The van der Waals surface area contributed by atoms with Gasteiger partial charge in [0, 0.05) is 12.1 Å². The number of nitrogen functional groups attached to an aromatic ring is 1. The molecule has 0 saturated heterocycles. The fraction of sp³-hybridized carbons (Fsp3) is 0.583. The van der Waals surface area contributed by atoms with Crippen LogP contribution in [0.1, 0.15) is 39.5 Å². The Morgan fingerprint density at radius 1 is 1.28 bits per heavy atom. The lowest BCUT2D eigenvalue weighted by Crippen LogP contribution is -2.19. The van der Waals surface area contributed by atoms with Crippen LogP contribution in [-0.4, -0.2) is 11.0 Å². The molecule has 1 atom stereocenters. The second-order valence-electron chi connectivity index (χ2n) is 4.33. The summed E-state index contributed by atoms with van der Waals surface area (Å²) in [6, 6.07) is 0.846. The number of hydrogen-bond donors (Lipinski definition) is 3. The number of unbranched alkanes of at least 4 members (excludes halogenated alkanes) is 2. The summed E-state index contributed by atoms with van der Waals surface area (Å²) < 4.78 is 26.6. The van der Waals surface area contributed by atoms with Crippen molar-refractivity contribution in [2.75, 3.05) is 10.7 Å². The highest BCUT2D eigenvalue weighted by Gasteiger charge is 2.12. The molecule has 0 aromatic carbocycles. The van der Waals surface area contributed by atoms with Crippen LogP contribution in [0.3, 0.4) is 0 Å². The lowest BCUT2D eigenvalue weighted by molar-refractivity contribution is 0.569. The van der Waals surface area contributed by atoms with Crippen molar-refractivity contribution in [1.82, 2.24) is 4.98 Å². The molecule has 0 saturated carbocycles. The second kappa shape index (κ2) is 7.10. The highest BCUT2D eigenvalue weighted by Crippen LogP contribution is 2.19. The Balaban J connectivity index is 2.65. The summed E-state index contributed by atoms with van der Waals surface area (Å²) in [5, 5.41) is 2.92. The Labute approximate surface area is 106 Å². The molecule has 0 aliphatic carbocycles. The molecule has 1 unspecified atom stereocenters. The fourth-order valence-electron chi connectivity index (χ4n) is 1.68. The van der Waals surface area contributed by atoms with E-state index in [1.54, 1.807) is 0 Å². The van der Waals surface area contributed by atoms with Crippen LogP contribution in [0.15, 0.2) is 6.07 Å². The van der Waals surface area contributed by atoms with Gasteiger partial charge in [-0.25, -0.2) is 19.6 Å². The van der Waals surface area contributed by atoms with E-state index >= 15 is 0 Å². The predicted octanol–water partition coefficient (Wildman–Crippen LogP) is 3.03. The lowest BCUT2D eigenvalue weighted by Gasteiger charge is -2.15. The highest BCUT2D eigenvalue weighted by atomic mass is 19.1. The Kier molecular flexibility index (Phi) is 5.77. The third-order valence-electron chi connectivity index (χ3n) is 2.69. The van der Waals surface area contributed by atoms with Crippen LogP contribution in [0.2, 0.25) is 0 Å². The summed E-state index contributed by atoms with van der Waals surface area (Å²) in [5.74, 6) is 3.43. The molecule has 0 aliphatic rings. The number of rotatable bonds is 7. The van der Waals surface area contributed by atoms with E-state index in [2.05, 4.69) is 22.7 Å². The maximum atomic E-state index is 13.5. The van der Waals surface area contributed by atoms with Crippen LogP contribution in [0.4, 0.5) is 20.4 Å². The number of aromatic nitrogens is 1. The minimum Gasteiger partial charge on any atom is -0.365 e. The predicted molar refractivity (Wildman–Crippen MR) is 69.2 cm³/mol. The second-order valence-corrected chi connectivity index (χ2v) is 4.33. The molecule has 0 fully saturated rings. The molecule has 102 valence electrons. The van der Waals surface area contributed by atoms with Gasteiger partial charge in [0.2, 0.25) is 0 Å². The molecule has 0 spiro atoms. The van der Waals surface area contributed by atoms with Gasteiger partial charge in [-0.1, -0.05) is 26.2 Å². The van der Waals surface area contributed by atoms with Crippen LogP contribution >= 0.6 is 0 Å². The zero-order chi connectivity index (χ0) is 13.5. The molecular weight excluding hydrogens is 238 g/mol. The summed E-state index contributed by atoms with van der Waals surface area (Å²) in [6.07, 6.45) is 4.26. The van der Waals surface area contributed by atoms with Crippen LogP contribution < -0.4 is 16.6 Å². The third-order valence-corrected chi connectivity index (χ3v) is 2.69. The molecule has 0 bridgehead atoms. The number of hydrazine groups is 1. The number of pyridine rings is 1. The normalized spacial score (nSPS) is 12.3. The van der Waals surface area contributed by atoms with Crippen molar-refractivity contribution < 1.29 is 8.78 Å². The Morgan fingerprint density at radius 3 is 2.56 bits per heavy atom. The largest absolute Gasteiger partial charge is 0.365 e. The van der Waals surface area contributed by atoms with Crippen molar-refractivity contribution in [3.05, 3.63) is 17.7 Å². The molecular formula is C12H20F2N4. The van der Waals surface area contributed by atoms with E-state index in [-0.39, 0.29) is 17.7 Å².